The van der Waals surface area contributed by atoms with Gasteiger partial charge in [0.1, 0.15) is 12.2 Å². The molecule has 0 fully saturated rings. The first-order valence-electron chi connectivity index (χ1n) is 3.81. The molecule has 1 rings (SSSR count). The molecule has 1 aromatic heterocycles. The molecule has 1 amide bonds. The number of hydrogen-bond acceptors (Lipinski definition) is 4. The summed E-state index contributed by atoms with van der Waals surface area (Å²) >= 11 is 0. The third kappa shape index (κ3) is 2.74. The average molecular weight is 195 g/mol. The highest BCUT2D eigenvalue weighted by molar-refractivity contribution is 5.91. The molecule has 0 bridgehead atoms. The number of aromatic nitrogens is 1. The van der Waals surface area contributed by atoms with Crippen LogP contribution in [0.5, 0.6) is 0 Å². The van der Waals surface area contributed by atoms with Crippen LogP contribution >= 0.6 is 0 Å². The van der Waals surface area contributed by atoms with Gasteiger partial charge in [-0.05, 0) is 12.1 Å². The number of aliphatic carboxylic acids is 1. The van der Waals surface area contributed by atoms with Crippen molar-refractivity contribution in [3.05, 3.63) is 24.0 Å². The van der Waals surface area contributed by atoms with Crippen molar-refractivity contribution in [3.8, 4) is 0 Å². The van der Waals surface area contributed by atoms with Crippen LogP contribution in [0.25, 0.3) is 0 Å². The van der Waals surface area contributed by atoms with Gasteiger partial charge in [0.2, 0.25) is 0 Å². The summed E-state index contributed by atoms with van der Waals surface area (Å²) in [5, 5.41) is 11.0. The number of carboxylic acid groups (broad SMARTS) is 1. The smallest absolute Gasteiger partial charge is 0.322 e. The molecule has 14 heavy (non-hydrogen) atoms. The van der Waals surface area contributed by atoms with E-state index >= 15 is 0 Å². The van der Waals surface area contributed by atoms with Gasteiger partial charge in [-0.15, -0.1) is 0 Å². The Morgan fingerprint density at radius 3 is 2.86 bits per heavy atom. The lowest BCUT2D eigenvalue weighted by Gasteiger charge is -2.03. The summed E-state index contributed by atoms with van der Waals surface area (Å²) in [6, 6.07) is 2.95. The molecule has 0 saturated heterocycles. The van der Waals surface area contributed by atoms with E-state index in [2.05, 4.69) is 10.3 Å². The van der Waals surface area contributed by atoms with Gasteiger partial charge in [0.15, 0.2) is 0 Å². The van der Waals surface area contributed by atoms with Crippen LogP contribution in [-0.4, -0.2) is 28.5 Å². The fraction of sp³-hybridized carbons (Fsp3) is 0.125. The Morgan fingerprint density at radius 2 is 2.29 bits per heavy atom. The molecule has 6 heteroatoms. The van der Waals surface area contributed by atoms with Crippen LogP contribution in [-0.2, 0) is 4.79 Å². The standard InChI is InChI=1S/C8H9N3O3/c9-8(14)6-3-5(1-2-10-6)11-4-7(12)13/h1-3H,4H2,(H2,9,14)(H,10,11)(H,12,13). The Bertz CT molecular complexity index is 365. The van der Waals surface area contributed by atoms with Gasteiger partial charge in [-0.1, -0.05) is 0 Å². The van der Waals surface area contributed by atoms with E-state index in [4.69, 9.17) is 10.8 Å². The van der Waals surface area contributed by atoms with E-state index in [-0.39, 0.29) is 12.2 Å². The molecule has 0 unspecified atom stereocenters. The number of nitrogens with one attached hydrogen (secondary N) is 1. The van der Waals surface area contributed by atoms with E-state index in [0.29, 0.717) is 5.69 Å². The number of nitrogens with zero attached hydrogens (tertiary/aromatic N) is 1. The minimum atomic E-state index is -0.984. The highest BCUT2D eigenvalue weighted by atomic mass is 16.4. The summed E-state index contributed by atoms with van der Waals surface area (Å²) < 4.78 is 0. The first-order valence-corrected chi connectivity index (χ1v) is 3.81. The largest absolute Gasteiger partial charge is 0.480 e. The summed E-state index contributed by atoms with van der Waals surface area (Å²) in [7, 11) is 0. The predicted octanol–water partition coefficient (Wildman–Crippen LogP) is -0.323. The van der Waals surface area contributed by atoms with E-state index in [1.165, 1.54) is 12.3 Å². The molecule has 1 aromatic rings. The Hall–Kier alpha value is -2.11. The number of anilines is 1. The maximum Gasteiger partial charge on any atom is 0.322 e. The Balaban J connectivity index is 2.73. The Morgan fingerprint density at radius 1 is 1.57 bits per heavy atom. The van der Waals surface area contributed by atoms with Crippen molar-refractivity contribution in [2.24, 2.45) is 5.73 Å². The fourth-order valence-electron chi connectivity index (χ4n) is 0.853. The topological polar surface area (TPSA) is 105 Å². The van der Waals surface area contributed by atoms with Crippen molar-refractivity contribution >= 4 is 17.6 Å². The number of hydrogen-bond donors (Lipinski definition) is 3. The zero-order valence-corrected chi connectivity index (χ0v) is 7.23. The van der Waals surface area contributed by atoms with E-state index in [1.807, 2.05) is 0 Å². The summed E-state index contributed by atoms with van der Waals surface area (Å²) in [5.41, 5.74) is 5.59. The van der Waals surface area contributed by atoms with Crippen LogP contribution in [0.15, 0.2) is 18.3 Å². The van der Waals surface area contributed by atoms with Crippen LogP contribution in [0.3, 0.4) is 0 Å². The Kier molecular flexibility index (Phi) is 3.01. The fourth-order valence-corrected chi connectivity index (χ4v) is 0.853. The highest BCUT2D eigenvalue weighted by Crippen LogP contribution is 2.06. The molecule has 0 radical (unpaired) electrons. The number of carbonyl (C=O) groups is 2. The second kappa shape index (κ2) is 4.22. The van der Waals surface area contributed by atoms with Gasteiger partial charge < -0.3 is 16.2 Å². The quantitative estimate of drug-likeness (QED) is 0.610. The van der Waals surface area contributed by atoms with Gasteiger partial charge >= 0.3 is 5.97 Å². The highest BCUT2D eigenvalue weighted by Gasteiger charge is 2.03. The zero-order chi connectivity index (χ0) is 10.6. The van der Waals surface area contributed by atoms with E-state index in [9.17, 15) is 9.59 Å². The average Bonchev–Trinajstić information content (AvgIpc) is 2.15. The van der Waals surface area contributed by atoms with Gasteiger partial charge in [0.05, 0.1) is 0 Å². The molecule has 0 aliphatic heterocycles. The molecule has 0 aliphatic rings. The van der Waals surface area contributed by atoms with Gasteiger partial charge in [-0.3, -0.25) is 14.6 Å². The molecule has 0 aromatic carbocycles. The number of carbonyl (C=O) groups excluding carboxylic acids is 1. The summed E-state index contributed by atoms with van der Waals surface area (Å²) in [6.07, 6.45) is 1.38. The normalized spacial score (nSPS) is 9.43. The zero-order valence-electron chi connectivity index (χ0n) is 7.23. The number of pyridine rings is 1. The lowest BCUT2D eigenvalue weighted by atomic mass is 10.3. The third-order valence-electron chi connectivity index (χ3n) is 1.46. The van der Waals surface area contributed by atoms with Crippen LogP contribution < -0.4 is 11.1 Å². The molecule has 0 saturated carbocycles. The van der Waals surface area contributed by atoms with Crippen molar-refractivity contribution in [3.63, 3.8) is 0 Å². The second-order valence-electron chi connectivity index (χ2n) is 2.54. The number of nitrogens with two attached hydrogens (primary N) is 1. The van der Waals surface area contributed by atoms with Gasteiger partial charge in [-0.25, -0.2) is 0 Å². The Labute approximate surface area is 79.8 Å². The summed E-state index contributed by atoms with van der Waals surface area (Å²) in [5.74, 6) is -1.63. The van der Waals surface area contributed by atoms with Gasteiger partial charge in [0, 0.05) is 11.9 Å². The van der Waals surface area contributed by atoms with Crippen molar-refractivity contribution in [2.75, 3.05) is 11.9 Å². The number of rotatable bonds is 4. The summed E-state index contributed by atoms with van der Waals surface area (Å²) in [6.45, 7) is -0.220. The molecular weight excluding hydrogens is 186 g/mol. The van der Waals surface area contributed by atoms with Crippen LogP contribution in [0.1, 0.15) is 10.5 Å². The summed E-state index contributed by atoms with van der Waals surface area (Å²) in [4.78, 5) is 24.6. The maximum absolute atomic E-state index is 10.7. The van der Waals surface area contributed by atoms with Gasteiger partial charge in [0.25, 0.3) is 5.91 Å². The van der Waals surface area contributed by atoms with Crippen molar-refractivity contribution < 1.29 is 14.7 Å². The maximum atomic E-state index is 10.7. The first-order chi connectivity index (χ1) is 6.59. The molecule has 0 atom stereocenters. The van der Waals surface area contributed by atoms with Crippen molar-refractivity contribution in [1.82, 2.24) is 4.98 Å². The lowest BCUT2D eigenvalue weighted by molar-refractivity contribution is -0.134. The van der Waals surface area contributed by atoms with E-state index in [0.717, 1.165) is 0 Å². The minimum absolute atomic E-state index is 0.0976. The minimum Gasteiger partial charge on any atom is -0.480 e. The van der Waals surface area contributed by atoms with E-state index < -0.39 is 11.9 Å². The third-order valence-corrected chi connectivity index (χ3v) is 1.46. The van der Waals surface area contributed by atoms with Crippen LogP contribution in [0.4, 0.5) is 5.69 Å². The van der Waals surface area contributed by atoms with Gasteiger partial charge in [-0.2, -0.15) is 0 Å². The van der Waals surface area contributed by atoms with Crippen LogP contribution in [0.2, 0.25) is 0 Å². The molecule has 0 spiro atoms. The molecule has 4 N–H and O–H groups in total. The molecule has 6 nitrogen and oxygen atoms in total. The first kappa shape index (κ1) is 9.97. The van der Waals surface area contributed by atoms with Crippen molar-refractivity contribution in [2.45, 2.75) is 0 Å². The number of amides is 1. The van der Waals surface area contributed by atoms with Crippen molar-refractivity contribution in [1.29, 1.82) is 0 Å². The molecular formula is C8H9N3O3. The molecule has 0 aliphatic carbocycles. The number of primary amides is 1. The van der Waals surface area contributed by atoms with E-state index in [1.54, 1.807) is 6.07 Å². The monoisotopic (exact) mass is 195 g/mol. The SMILES string of the molecule is NC(=O)c1cc(NCC(=O)O)ccn1. The lowest BCUT2D eigenvalue weighted by Crippen LogP contribution is -2.15. The molecule has 1 heterocycles. The van der Waals surface area contributed by atoms with Crippen LogP contribution in [0, 0.1) is 0 Å². The second-order valence-corrected chi connectivity index (χ2v) is 2.54. The number of carboxylic acids is 1. The predicted molar refractivity (Wildman–Crippen MR) is 48.9 cm³/mol. The molecule has 74 valence electrons.